The van der Waals surface area contributed by atoms with Crippen LogP contribution in [0.2, 0.25) is 5.15 Å². The quantitative estimate of drug-likeness (QED) is 0.0733. The molecule has 3 fully saturated rings. The minimum absolute atomic E-state index is 0.0743. The number of anilines is 1. The van der Waals surface area contributed by atoms with E-state index in [4.69, 9.17) is 44.3 Å². The Morgan fingerprint density at radius 3 is 2.29 bits per heavy atom. The molecule has 2 aromatic rings. The first-order valence-electron chi connectivity index (χ1n) is 17.3. The molecule has 0 radical (unpaired) electrons. The van der Waals surface area contributed by atoms with Crippen molar-refractivity contribution < 1.29 is 46.9 Å². The van der Waals surface area contributed by atoms with Crippen molar-refractivity contribution in [3.8, 4) is 6.07 Å². The highest BCUT2D eigenvalue weighted by Crippen LogP contribution is 2.52. The van der Waals surface area contributed by atoms with E-state index in [0.717, 1.165) is 31.1 Å². The monoisotopic (exact) mass is 770 g/mol. The van der Waals surface area contributed by atoms with Crippen molar-refractivity contribution in [2.45, 2.75) is 116 Å². The van der Waals surface area contributed by atoms with Crippen molar-refractivity contribution in [2.24, 2.45) is 11.8 Å². The highest BCUT2D eigenvalue weighted by molar-refractivity contribution is 8.04. The maximum atomic E-state index is 13.8. The maximum absolute atomic E-state index is 13.8. The number of esters is 2. The van der Waals surface area contributed by atoms with Gasteiger partial charge in [0, 0.05) is 36.2 Å². The van der Waals surface area contributed by atoms with Crippen LogP contribution in [0.4, 0.5) is 5.69 Å². The second-order valence-electron chi connectivity index (χ2n) is 14.3. The average molecular weight is 771 g/mol. The fraction of sp³-hybridized carbons (Fsp3) is 0.706. The van der Waals surface area contributed by atoms with Gasteiger partial charge in [0.1, 0.15) is 29.5 Å². The summed E-state index contributed by atoms with van der Waals surface area (Å²) in [5, 5.41) is 14.3. The lowest BCUT2D eigenvalue weighted by Gasteiger charge is -2.25. The van der Waals surface area contributed by atoms with Gasteiger partial charge >= 0.3 is 19.5 Å². The third-order valence-electron chi connectivity index (χ3n) is 8.65. The molecule has 2 saturated heterocycles. The first-order chi connectivity index (χ1) is 24.2. The number of fused-ring (bicyclic) bond motifs is 2. The number of halogens is 1. The second-order valence-corrected chi connectivity index (χ2v) is 18.2. The van der Waals surface area contributed by atoms with Gasteiger partial charge in [0.05, 0.1) is 17.3 Å². The van der Waals surface area contributed by atoms with Gasteiger partial charge in [0.15, 0.2) is 17.2 Å². The Balaban J connectivity index is 1.30. The smallest absolute Gasteiger partial charge is 0.346 e. The van der Waals surface area contributed by atoms with Crippen LogP contribution in [-0.2, 0) is 46.9 Å². The lowest BCUT2D eigenvalue weighted by atomic mass is 10.1. The van der Waals surface area contributed by atoms with Gasteiger partial charge in [0.2, 0.25) is 13.6 Å². The summed E-state index contributed by atoms with van der Waals surface area (Å²) in [5.74, 6) is -1.45. The first-order valence-corrected chi connectivity index (χ1v) is 20.6. The zero-order valence-electron chi connectivity index (χ0n) is 29.9. The predicted molar refractivity (Wildman–Crippen MR) is 191 cm³/mol. The van der Waals surface area contributed by atoms with Crippen LogP contribution in [0.1, 0.15) is 91.9 Å². The molecule has 0 amide bonds. The molecular weight excluding hydrogens is 723 g/mol. The van der Waals surface area contributed by atoms with E-state index >= 15 is 0 Å². The summed E-state index contributed by atoms with van der Waals surface area (Å²) in [6.07, 6.45) is 4.28. The van der Waals surface area contributed by atoms with Crippen LogP contribution in [0.15, 0.2) is 12.3 Å². The number of nitriles is 1. The molecule has 4 atom stereocenters. The molecule has 2 aliphatic heterocycles. The summed E-state index contributed by atoms with van der Waals surface area (Å²) in [6.45, 7) is 9.99. The lowest BCUT2D eigenvalue weighted by Crippen LogP contribution is -2.31. The molecule has 0 unspecified atom stereocenters. The van der Waals surface area contributed by atoms with Crippen LogP contribution in [-0.4, -0.2) is 76.5 Å². The molecular formula is C34H48ClN4O10PS. The summed E-state index contributed by atoms with van der Waals surface area (Å²) >= 11 is 7.81. The van der Waals surface area contributed by atoms with Gasteiger partial charge in [-0.25, -0.2) is 4.98 Å². The molecule has 0 aromatic carbocycles. The fourth-order valence-electron chi connectivity index (χ4n) is 6.41. The number of ether oxygens (including phenoxy) is 5. The van der Waals surface area contributed by atoms with E-state index in [1.165, 1.54) is 11.8 Å². The number of carbonyl (C=O) groups is 2. The normalized spacial score (nSPS) is 23.2. The minimum atomic E-state index is -3.92. The molecule has 5 rings (SSSR count). The van der Waals surface area contributed by atoms with Crippen LogP contribution in [0.3, 0.4) is 0 Å². The Kier molecular flexibility index (Phi) is 13.4. The van der Waals surface area contributed by atoms with Gasteiger partial charge in [-0.2, -0.15) is 5.26 Å². The molecule has 14 nitrogen and oxygen atoms in total. The molecule has 0 bridgehead atoms. The number of pyridine rings is 1. The van der Waals surface area contributed by atoms with E-state index in [1.807, 2.05) is 58.4 Å². The summed E-state index contributed by atoms with van der Waals surface area (Å²) in [7, 11) is -3.92. The molecule has 1 N–H and O–H groups in total. The van der Waals surface area contributed by atoms with E-state index in [2.05, 4.69) is 16.4 Å². The molecule has 2 aromatic heterocycles. The predicted octanol–water partition coefficient (Wildman–Crippen LogP) is 7.34. The van der Waals surface area contributed by atoms with Crippen LogP contribution in [0, 0.1) is 23.2 Å². The van der Waals surface area contributed by atoms with Crippen LogP contribution in [0.5, 0.6) is 0 Å². The van der Waals surface area contributed by atoms with Crippen molar-refractivity contribution in [2.75, 3.05) is 30.1 Å². The van der Waals surface area contributed by atoms with Crippen molar-refractivity contribution in [3.05, 3.63) is 23.0 Å². The van der Waals surface area contributed by atoms with Gasteiger partial charge in [-0.15, -0.1) is 11.8 Å². The number of nitrogens with one attached hydrogen (secondary N) is 1. The number of thioether (sulfide) groups is 1. The van der Waals surface area contributed by atoms with E-state index in [9.17, 15) is 19.4 Å². The van der Waals surface area contributed by atoms with Crippen molar-refractivity contribution in [1.82, 2.24) is 9.55 Å². The largest absolute Gasteiger partial charge is 0.438 e. The Morgan fingerprint density at radius 2 is 1.71 bits per heavy atom. The van der Waals surface area contributed by atoms with Crippen molar-refractivity contribution >= 4 is 59.6 Å². The number of hydrogen-bond donors (Lipinski definition) is 1. The molecule has 0 spiro atoms. The zero-order valence-corrected chi connectivity index (χ0v) is 32.4. The number of aromatic nitrogens is 2. The highest BCUT2D eigenvalue weighted by atomic mass is 35.5. The van der Waals surface area contributed by atoms with Gasteiger partial charge in [-0.1, -0.05) is 52.1 Å². The molecule has 282 valence electrons. The van der Waals surface area contributed by atoms with Gasteiger partial charge in [0.25, 0.3) is 0 Å². The molecule has 17 heteroatoms. The molecule has 3 aliphatic rings. The number of hydrogen-bond acceptors (Lipinski definition) is 14. The highest BCUT2D eigenvalue weighted by Gasteiger charge is 2.56. The zero-order chi connectivity index (χ0) is 36.9. The summed E-state index contributed by atoms with van der Waals surface area (Å²) in [6, 6.07) is 4.35. The molecule has 51 heavy (non-hydrogen) atoms. The summed E-state index contributed by atoms with van der Waals surface area (Å²) < 4.78 is 56.0. The fourth-order valence-corrected chi connectivity index (χ4v) is 9.54. The number of nitrogens with zero attached hydrogens (tertiary/aromatic N) is 3. The van der Waals surface area contributed by atoms with Gasteiger partial charge in [-0.3, -0.25) is 23.2 Å². The van der Waals surface area contributed by atoms with Crippen molar-refractivity contribution in [3.63, 3.8) is 0 Å². The molecule has 4 heterocycles. The Bertz CT molecular complexity index is 1610. The van der Waals surface area contributed by atoms with Gasteiger partial charge in [-0.05, 0) is 44.6 Å². The second kappa shape index (κ2) is 17.2. The van der Waals surface area contributed by atoms with E-state index in [-0.39, 0.29) is 41.4 Å². The first kappa shape index (κ1) is 39.8. The van der Waals surface area contributed by atoms with E-state index in [1.54, 1.807) is 0 Å². The minimum Gasteiger partial charge on any atom is -0.438 e. The SMILES string of the molecule is CC(C)CC(=O)OCOP(=O)(CSC[C@H]1O[C@@H](n2ccc3c(NC4CCCC4)c(C#N)c(Cl)nc32)[C@@H]2OC(C)(C)O[C@@H]21)OCOC(=O)CC(C)C. The number of rotatable bonds is 17. The Morgan fingerprint density at radius 1 is 1.10 bits per heavy atom. The van der Waals surface area contributed by atoms with Crippen LogP contribution in [0.25, 0.3) is 11.0 Å². The maximum Gasteiger partial charge on any atom is 0.346 e. The average Bonchev–Trinajstić information content (AvgIpc) is 3.81. The van der Waals surface area contributed by atoms with Crippen LogP contribution < -0.4 is 5.32 Å². The van der Waals surface area contributed by atoms with Crippen molar-refractivity contribution in [1.29, 1.82) is 5.26 Å². The third kappa shape index (κ3) is 10.2. The topological polar surface area (TPSA) is 169 Å². The lowest BCUT2D eigenvalue weighted by molar-refractivity contribution is -0.193. The standard InChI is InChI=1S/C34H48ClN4O10PS/c1-20(2)13-26(40)43-17-45-50(42,46-18-44-27(41)14-21(3)4)19-51-16-25-29-30(49-34(5,6)48-29)33(47-25)39-12-11-23-28(37-22-9-7-8-10-22)24(15-36)31(35)38-32(23)39/h11-12,20-22,25,29-30,33H,7-10,13-14,16-19H2,1-6H3,(H,37,38)/t25-,29-,30-,33-/m1/s1. The Hall–Kier alpha value is -2.41. The molecule has 1 aliphatic carbocycles. The van der Waals surface area contributed by atoms with E-state index in [0.29, 0.717) is 22.7 Å². The molecule has 1 saturated carbocycles. The third-order valence-corrected chi connectivity index (χ3v) is 12.5. The van der Waals surface area contributed by atoms with Gasteiger partial charge < -0.3 is 33.6 Å². The number of carbonyl (C=O) groups excluding carboxylic acids is 2. The Labute approximate surface area is 308 Å². The van der Waals surface area contributed by atoms with Crippen LogP contribution >= 0.6 is 31.0 Å². The summed E-state index contributed by atoms with van der Waals surface area (Å²) in [5.41, 5.74) is 1.34. The summed E-state index contributed by atoms with van der Waals surface area (Å²) in [4.78, 5) is 28.7. The van der Waals surface area contributed by atoms with E-state index < -0.39 is 63.4 Å².